The van der Waals surface area contributed by atoms with Gasteiger partial charge in [0.25, 0.3) is 0 Å². The summed E-state index contributed by atoms with van der Waals surface area (Å²) in [5.74, 6) is 0.208. The van der Waals surface area contributed by atoms with Crippen molar-refractivity contribution in [2.75, 3.05) is 4.90 Å². The van der Waals surface area contributed by atoms with E-state index in [1.54, 1.807) is 6.07 Å². The summed E-state index contributed by atoms with van der Waals surface area (Å²) >= 11 is 0. The van der Waals surface area contributed by atoms with E-state index in [2.05, 4.69) is 139 Å². The molecule has 0 spiro atoms. The minimum absolute atomic E-state index is 0.208. The third-order valence-electron chi connectivity index (χ3n) is 9.49. The SMILES string of the molecule is CC1(C)C=C2c3ccccc3-c3ccccc3-c3ccc(-n4cc(-c5ccccc5)c5cccnc54)cc3N2[C-]=[N+]1c1ccccc1O. The number of rotatable bonds is 3. The molecule has 0 saturated heterocycles. The molecule has 0 unspecified atom stereocenters. The minimum atomic E-state index is -0.501. The molecule has 7 aromatic rings. The van der Waals surface area contributed by atoms with Crippen molar-refractivity contribution in [2.45, 2.75) is 19.4 Å². The molecule has 0 radical (unpaired) electrons. The first kappa shape index (κ1) is 28.1. The normalized spacial score (nSPS) is 14.5. The summed E-state index contributed by atoms with van der Waals surface area (Å²) in [6, 6.07) is 46.0. The van der Waals surface area contributed by atoms with Gasteiger partial charge < -0.3 is 14.6 Å². The van der Waals surface area contributed by atoms with Crippen molar-refractivity contribution < 1.29 is 9.68 Å². The van der Waals surface area contributed by atoms with Gasteiger partial charge in [0.2, 0.25) is 6.34 Å². The van der Waals surface area contributed by atoms with E-state index in [1.165, 1.54) is 11.1 Å². The van der Waals surface area contributed by atoms with E-state index >= 15 is 0 Å². The number of nitrogens with zero attached hydrogens (tertiary/aromatic N) is 4. The second-order valence-electron chi connectivity index (χ2n) is 12.9. The van der Waals surface area contributed by atoms with Gasteiger partial charge in [0.15, 0.2) is 0 Å². The van der Waals surface area contributed by atoms with Gasteiger partial charge in [0.05, 0.1) is 17.1 Å². The molecule has 0 atom stereocenters. The average Bonchev–Trinajstić information content (AvgIpc) is 3.51. The van der Waals surface area contributed by atoms with E-state index < -0.39 is 5.54 Å². The number of benzene rings is 5. The molecule has 4 heterocycles. The van der Waals surface area contributed by atoms with Crippen LogP contribution in [-0.2, 0) is 0 Å². The number of aromatic hydroxyl groups is 1. The quantitative estimate of drug-likeness (QED) is 0.158. The van der Waals surface area contributed by atoms with Gasteiger partial charge in [0.1, 0.15) is 16.9 Å². The molecule has 0 bridgehead atoms. The molecule has 0 fully saturated rings. The molecule has 48 heavy (non-hydrogen) atoms. The standard InChI is InChI=1S/C43H32N4O/c1-43(2)26-40-34-18-9-8-16-32(34)31-15-6-7-17-33(31)35-23-22-30(25-39(35)46(40)28-47(43)38-20-10-11-21-41(38)48)45-27-37(29-13-4-3-5-14-29)36-19-12-24-44-42(36)45/h3-27,48H,1-2H3. The van der Waals surface area contributed by atoms with Crippen LogP contribution in [-0.4, -0.2) is 31.1 Å². The van der Waals surface area contributed by atoms with Gasteiger partial charge in [-0.2, -0.15) is 0 Å². The number of hydrogen-bond acceptors (Lipinski definition) is 3. The highest BCUT2D eigenvalue weighted by molar-refractivity contribution is 6.08. The molecule has 1 N–H and O–H groups in total. The van der Waals surface area contributed by atoms with Crippen LogP contribution in [0.4, 0.5) is 11.4 Å². The Morgan fingerprint density at radius 1 is 0.667 bits per heavy atom. The zero-order chi connectivity index (χ0) is 32.4. The first-order valence-electron chi connectivity index (χ1n) is 16.2. The van der Waals surface area contributed by atoms with E-state index in [9.17, 15) is 5.11 Å². The van der Waals surface area contributed by atoms with Gasteiger partial charge in [0, 0.05) is 29.0 Å². The summed E-state index contributed by atoms with van der Waals surface area (Å²) in [5.41, 5.74) is 12.1. The lowest BCUT2D eigenvalue weighted by Crippen LogP contribution is -2.42. The summed E-state index contributed by atoms with van der Waals surface area (Å²) in [6.07, 6.45) is 10.1. The summed E-state index contributed by atoms with van der Waals surface area (Å²) in [7, 11) is 0. The monoisotopic (exact) mass is 620 g/mol. The lowest BCUT2D eigenvalue weighted by molar-refractivity contribution is -0.507. The largest absolute Gasteiger partial charge is 0.513 e. The summed E-state index contributed by atoms with van der Waals surface area (Å²) in [4.78, 5) is 7.03. The number of phenolic OH excluding ortho intramolecular Hbond substituents is 1. The molecule has 0 aliphatic carbocycles. The molecular formula is C43H32N4O. The van der Waals surface area contributed by atoms with Crippen molar-refractivity contribution in [3.8, 4) is 44.8 Å². The Kier molecular flexibility index (Phi) is 6.24. The Hall–Kier alpha value is -6.20. The number of anilines is 1. The first-order chi connectivity index (χ1) is 23.5. The fraction of sp³-hybridized carbons (Fsp3) is 0.0698. The van der Waals surface area contributed by atoms with Crippen LogP contribution >= 0.6 is 0 Å². The first-order valence-corrected chi connectivity index (χ1v) is 16.2. The van der Waals surface area contributed by atoms with Crippen LogP contribution in [0.3, 0.4) is 0 Å². The van der Waals surface area contributed by atoms with Crippen molar-refractivity contribution >= 4 is 34.4 Å². The van der Waals surface area contributed by atoms with Gasteiger partial charge in [-0.15, -0.1) is 0 Å². The van der Waals surface area contributed by atoms with Crippen LogP contribution < -0.4 is 4.90 Å². The van der Waals surface area contributed by atoms with Crippen LogP contribution in [0.25, 0.3) is 55.8 Å². The van der Waals surface area contributed by atoms with Crippen LogP contribution in [0.15, 0.2) is 152 Å². The fourth-order valence-electron chi connectivity index (χ4n) is 7.23. The number of aromatic nitrogens is 2. The maximum atomic E-state index is 11.0. The third kappa shape index (κ3) is 4.32. The number of hydrogen-bond donors (Lipinski definition) is 1. The second-order valence-corrected chi connectivity index (χ2v) is 12.9. The highest BCUT2D eigenvalue weighted by Crippen LogP contribution is 2.48. The summed E-state index contributed by atoms with van der Waals surface area (Å²) in [5, 5.41) is 12.1. The van der Waals surface area contributed by atoms with Crippen LogP contribution in [0.5, 0.6) is 5.75 Å². The number of phenols is 1. The minimum Gasteiger partial charge on any atom is -0.513 e. The van der Waals surface area contributed by atoms with Crippen LogP contribution in [0.2, 0.25) is 0 Å². The maximum absolute atomic E-state index is 11.0. The molecule has 2 aromatic heterocycles. The van der Waals surface area contributed by atoms with Gasteiger partial charge >= 0.3 is 0 Å². The number of pyridine rings is 1. The van der Waals surface area contributed by atoms with Crippen LogP contribution in [0.1, 0.15) is 19.4 Å². The van der Waals surface area contributed by atoms with Gasteiger partial charge in [-0.1, -0.05) is 103 Å². The molecule has 2 aliphatic heterocycles. The predicted octanol–water partition coefficient (Wildman–Crippen LogP) is 9.93. The van der Waals surface area contributed by atoms with Crippen molar-refractivity contribution in [1.29, 1.82) is 0 Å². The van der Waals surface area contributed by atoms with Gasteiger partial charge in [-0.3, -0.25) is 4.58 Å². The molecule has 5 heteroatoms. The molecular weight excluding hydrogens is 589 g/mol. The Morgan fingerprint density at radius 3 is 2.10 bits per heavy atom. The fourth-order valence-corrected chi connectivity index (χ4v) is 7.23. The molecule has 2 aliphatic rings. The lowest BCUT2D eigenvalue weighted by atomic mass is 9.85. The Labute approximate surface area is 279 Å². The predicted molar refractivity (Wildman–Crippen MR) is 195 cm³/mol. The Balaban J connectivity index is 1.34. The Bertz CT molecular complexity index is 2450. The van der Waals surface area contributed by atoms with Crippen molar-refractivity contribution in [3.05, 3.63) is 157 Å². The smallest absolute Gasteiger partial charge is 0.246 e. The molecule has 0 saturated carbocycles. The number of fused-ring (bicyclic) bond motifs is 9. The van der Waals surface area contributed by atoms with E-state index in [0.717, 1.165) is 55.9 Å². The second kappa shape index (κ2) is 10.7. The molecule has 0 amide bonds. The zero-order valence-corrected chi connectivity index (χ0v) is 26.7. The molecule has 5 aromatic carbocycles. The van der Waals surface area contributed by atoms with E-state index in [1.807, 2.05) is 41.1 Å². The highest BCUT2D eigenvalue weighted by Gasteiger charge is 2.35. The summed E-state index contributed by atoms with van der Waals surface area (Å²) in [6.45, 7) is 4.32. The zero-order valence-electron chi connectivity index (χ0n) is 26.7. The Morgan fingerprint density at radius 2 is 1.33 bits per heavy atom. The van der Waals surface area contributed by atoms with E-state index in [-0.39, 0.29) is 5.75 Å². The molecule has 5 nitrogen and oxygen atoms in total. The topological polar surface area (TPSA) is 44.3 Å². The molecule has 230 valence electrons. The van der Waals surface area contributed by atoms with Crippen molar-refractivity contribution in [3.63, 3.8) is 0 Å². The highest BCUT2D eigenvalue weighted by atomic mass is 16.3. The number of para-hydroxylation sites is 2. The lowest BCUT2D eigenvalue weighted by Gasteiger charge is -2.39. The third-order valence-corrected chi connectivity index (χ3v) is 9.49. The van der Waals surface area contributed by atoms with Crippen LogP contribution in [0, 0.1) is 0 Å². The summed E-state index contributed by atoms with van der Waals surface area (Å²) < 4.78 is 4.23. The van der Waals surface area contributed by atoms with Crippen molar-refractivity contribution in [2.24, 2.45) is 0 Å². The van der Waals surface area contributed by atoms with E-state index in [0.29, 0.717) is 5.69 Å². The van der Waals surface area contributed by atoms with E-state index in [4.69, 9.17) is 4.98 Å². The molecule has 9 rings (SSSR count). The van der Waals surface area contributed by atoms with Crippen molar-refractivity contribution in [1.82, 2.24) is 9.55 Å². The van der Waals surface area contributed by atoms with Gasteiger partial charge in [-0.25, -0.2) is 4.98 Å². The van der Waals surface area contributed by atoms with Gasteiger partial charge in [-0.05, 0) is 83.6 Å². The maximum Gasteiger partial charge on any atom is 0.246 e. The average molecular weight is 621 g/mol.